The summed E-state index contributed by atoms with van der Waals surface area (Å²) in [6.07, 6.45) is 4.38. The minimum absolute atomic E-state index is 0.0559. The van der Waals surface area contributed by atoms with Gasteiger partial charge in [-0.1, -0.05) is 90.1 Å². The maximum absolute atomic E-state index is 9.82. The Hall–Kier alpha value is -3.77. The number of hydrogen-bond acceptors (Lipinski definition) is 2. The van der Waals surface area contributed by atoms with Gasteiger partial charge < -0.3 is 9.88 Å². The summed E-state index contributed by atoms with van der Waals surface area (Å²) in [5.74, 6) is 0. The van der Waals surface area contributed by atoms with E-state index in [2.05, 4.69) is 118 Å². The lowest BCUT2D eigenvalue weighted by molar-refractivity contribution is 0.547. The van der Waals surface area contributed by atoms with Crippen LogP contribution < -0.4 is 5.32 Å². The van der Waals surface area contributed by atoms with E-state index in [1.807, 2.05) is 24.3 Å². The first-order valence-electron chi connectivity index (χ1n) is 11.8. The molecule has 1 heterocycles. The van der Waals surface area contributed by atoms with E-state index in [4.69, 9.17) is 0 Å². The fourth-order valence-corrected chi connectivity index (χ4v) is 4.11. The number of anilines is 2. The summed E-state index contributed by atoms with van der Waals surface area (Å²) in [7, 11) is 0. The molecule has 3 nitrogen and oxygen atoms in total. The van der Waals surface area contributed by atoms with Crippen LogP contribution in [0.25, 0.3) is 22.7 Å². The molecule has 0 fully saturated rings. The Morgan fingerprint density at radius 1 is 0.853 bits per heavy atom. The van der Waals surface area contributed by atoms with Crippen molar-refractivity contribution in [3.8, 4) is 11.8 Å². The molecular formula is C31H33N3. The first kappa shape index (κ1) is 23.4. The van der Waals surface area contributed by atoms with Gasteiger partial charge in [0.1, 0.15) is 0 Å². The van der Waals surface area contributed by atoms with E-state index in [1.165, 1.54) is 11.1 Å². The van der Waals surface area contributed by atoms with Crippen molar-refractivity contribution >= 4 is 28.4 Å². The second-order valence-electron chi connectivity index (χ2n) is 11.0. The van der Waals surface area contributed by atoms with Gasteiger partial charge in [-0.2, -0.15) is 5.26 Å². The van der Waals surface area contributed by atoms with Crippen molar-refractivity contribution in [2.45, 2.75) is 47.0 Å². The van der Waals surface area contributed by atoms with Gasteiger partial charge in [0.15, 0.2) is 0 Å². The molecule has 0 radical (unpaired) electrons. The van der Waals surface area contributed by atoms with E-state index in [9.17, 15) is 5.26 Å². The first-order chi connectivity index (χ1) is 16.0. The zero-order chi connectivity index (χ0) is 24.5. The van der Waals surface area contributed by atoms with Crippen LogP contribution in [-0.4, -0.2) is 4.57 Å². The van der Waals surface area contributed by atoms with Crippen LogP contribution in [0.3, 0.4) is 0 Å². The summed E-state index contributed by atoms with van der Waals surface area (Å²) in [6, 6.07) is 27.3. The third-order valence-electron chi connectivity index (χ3n) is 5.79. The topological polar surface area (TPSA) is 40.8 Å². The van der Waals surface area contributed by atoms with Gasteiger partial charge in [-0.25, -0.2) is 0 Å². The fraction of sp³-hybridized carbons (Fsp3) is 0.258. The Kier molecular flexibility index (Phi) is 6.11. The minimum atomic E-state index is -0.0559. The van der Waals surface area contributed by atoms with E-state index in [0.29, 0.717) is 5.56 Å². The zero-order valence-corrected chi connectivity index (χ0v) is 21.0. The Morgan fingerprint density at radius 2 is 1.56 bits per heavy atom. The van der Waals surface area contributed by atoms with Crippen LogP contribution in [0.5, 0.6) is 0 Å². The highest BCUT2D eigenvalue weighted by molar-refractivity contribution is 5.84. The molecule has 0 aliphatic rings. The zero-order valence-electron chi connectivity index (χ0n) is 21.0. The van der Waals surface area contributed by atoms with E-state index in [0.717, 1.165) is 28.1 Å². The average molecular weight is 448 g/mol. The molecule has 4 aromatic rings. The van der Waals surface area contributed by atoms with Gasteiger partial charge in [0.25, 0.3) is 0 Å². The van der Waals surface area contributed by atoms with Crippen LogP contribution in [0.1, 0.15) is 58.4 Å². The van der Waals surface area contributed by atoms with Crippen LogP contribution in [0.2, 0.25) is 0 Å². The lowest BCUT2D eigenvalue weighted by Gasteiger charge is -2.23. The standard InChI is InChI=1S/C31H33N3/c1-30(2,3)16-15-23-11-7-9-13-27(23)33-25-17-22(21-32)18-26(20-25)34-28-14-10-8-12-24(28)19-29(34)31(4,5)6/h7-20,33H,1-6H3/b16-15+. The van der Waals surface area contributed by atoms with Gasteiger partial charge in [0.05, 0.1) is 17.1 Å². The van der Waals surface area contributed by atoms with Crippen molar-refractivity contribution in [2.24, 2.45) is 5.41 Å². The second-order valence-corrected chi connectivity index (χ2v) is 11.0. The Bertz CT molecular complexity index is 1400. The Morgan fingerprint density at radius 3 is 2.26 bits per heavy atom. The highest BCUT2D eigenvalue weighted by Gasteiger charge is 2.22. The number of hydrogen-bond donors (Lipinski definition) is 1. The van der Waals surface area contributed by atoms with Crippen LogP contribution in [-0.2, 0) is 5.41 Å². The maximum Gasteiger partial charge on any atom is 0.0993 e. The monoisotopic (exact) mass is 447 g/mol. The molecule has 4 rings (SSSR count). The number of para-hydroxylation sites is 2. The Balaban J connectivity index is 1.84. The lowest BCUT2D eigenvalue weighted by atomic mass is 9.92. The molecule has 172 valence electrons. The summed E-state index contributed by atoms with van der Waals surface area (Å²) in [4.78, 5) is 0. The van der Waals surface area contributed by atoms with Gasteiger partial charge in [-0.05, 0) is 47.4 Å². The summed E-state index contributed by atoms with van der Waals surface area (Å²) in [5, 5.41) is 14.6. The molecule has 0 aliphatic heterocycles. The molecule has 34 heavy (non-hydrogen) atoms. The number of nitrogens with one attached hydrogen (secondary N) is 1. The van der Waals surface area contributed by atoms with Gasteiger partial charge >= 0.3 is 0 Å². The maximum atomic E-state index is 9.82. The van der Waals surface area contributed by atoms with Crippen LogP contribution in [0.15, 0.2) is 78.9 Å². The van der Waals surface area contributed by atoms with Crippen molar-refractivity contribution in [1.29, 1.82) is 5.26 Å². The van der Waals surface area contributed by atoms with Crippen LogP contribution in [0, 0.1) is 16.7 Å². The quantitative estimate of drug-likeness (QED) is 0.340. The third kappa shape index (κ3) is 5.07. The van der Waals surface area contributed by atoms with E-state index in [-0.39, 0.29) is 10.8 Å². The molecule has 0 amide bonds. The van der Waals surface area contributed by atoms with Crippen molar-refractivity contribution in [1.82, 2.24) is 4.57 Å². The molecule has 0 spiro atoms. The minimum Gasteiger partial charge on any atom is -0.355 e. The summed E-state index contributed by atoms with van der Waals surface area (Å²) < 4.78 is 2.28. The molecule has 1 N–H and O–H groups in total. The molecule has 0 atom stereocenters. The molecule has 0 saturated heterocycles. The molecule has 3 heteroatoms. The number of fused-ring (bicyclic) bond motifs is 1. The number of nitriles is 1. The smallest absolute Gasteiger partial charge is 0.0993 e. The molecule has 3 aromatic carbocycles. The summed E-state index contributed by atoms with van der Waals surface area (Å²) >= 11 is 0. The number of aromatic nitrogens is 1. The van der Waals surface area contributed by atoms with Crippen molar-refractivity contribution in [3.05, 3.63) is 95.7 Å². The van der Waals surface area contributed by atoms with Crippen molar-refractivity contribution in [2.75, 3.05) is 5.32 Å². The highest BCUT2D eigenvalue weighted by Crippen LogP contribution is 2.34. The number of allylic oxidation sites excluding steroid dienone is 1. The predicted molar refractivity (Wildman–Crippen MR) is 145 cm³/mol. The van der Waals surface area contributed by atoms with Gasteiger partial charge in [-0.3, -0.25) is 0 Å². The molecule has 1 aromatic heterocycles. The van der Waals surface area contributed by atoms with E-state index >= 15 is 0 Å². The SMILES string of the molecule is CC(C)(C)/C=C/c1ccccc1Nc1cc(C#N)cc(-n2c(C(C)(C)C)cc3ccccc32)c1. The van der Waals surface area contributed by atoms with Crippen LogP contribution >= 0.6 is 0 Å². The van der Waals surface area contributed by atoms with Crippen molar-refractivity contribution < 1.29 is 0 Å². The average Bonchev–Trinajstić information content (AvgIpc) is 3.18. The molecule has 0 saturated carbocycles. The molecule has 0 unspecified atom stereocenters. The fourth-order valence-electron chi connectivity index (χ4n) is 4.11. The van der Waals surface area contributed by atoms with Gasteiger partial charge in [-0.15, -0.1) is 0 Å². The normalized spacial score (nSPS) is 12.3. The van der Waals surface area contributed by atoms with Crippen molar-refractivity contribution in [3.63, 3.8) is 0 Å². The van der Waals surface area contributed by atoms with E-state index < -0.39 is 0 Å². The lowest BCUT2D eigenvalue weighted by Crippen LogP contribution is -2.16. The Labute approximate surface area is 203 Å². The van der Waals surface area contributed by atoms with Gasteiger partial charge in [0, 0.05) is 33.6 Å². The second kappa shape index (κ2) is 8.88. The third-order valence-corrected chi connectivity index (χ3v) is 5.79. The number of rotatable bonds is 4. The predicted octanol–water partition coefficient (Wildman–Crippen LogP) is 8.60. The van der Waals surface area contributed by atoms with Crippen LogP contribution in [0.4, 0.5) is 11.4 Å². The van der Waals surface area contributed by atoms with E-state index in [1.54, 1.807) is 0 Å². The molecule has 0 aliphatic carbocycles. The number of benzene rings is 3. The van der Waals surface area contributed by atoms with Gasteiger partial charge in [0.2, 0.25) is 0 Å². The molecule has 0 bridgehead atoms. The molecular weight excluding hydrogens is 414 g/mol. The highest BCUT2D eigenvalue weighted by atomic mass is 15.0. The number of nitrogens with zero attached hydrogens (tertiary/aromatic N) is 2. The summed E-state index contributed by atoms with van der Waals surface area (Å²) in [5.41, 5.74) is 7.02. The first-order valence-corrected chi connectivity index (χ1v) is 11.8. The largest absolute Gasteiger partial charge is 0.355 e. The summed E-state index contributed by atoms with van der Waals surface area (Å²) in [6.45, 7) is 13.2.